The fourth-order valence-electron chi connectivity index (χ4n) is 4.28. The summed E-state index contributed by atoms with van der Waals surface area (Å²) >= 11 is 0. The Morgan fingerprint density at radius 1 is 1.07 bits per heavy atom. The molecule has 2 amide bonds. The number of hydrogen-bond donors (Lipinski definition) is 2. The van der Waals surface area contributed by atoms with E-state index in [1.165, 1.54) is 5.56 Å². The van der Waals surface area contributed by atoms with Gasteiger partial charge in [-0.3, -0.25) is 9.59 Å². The molecule has 2 aliphatic rings. The maximum atomic E-state index is 12.7. The lowest BCUT2D eigenvalue weighted by molar-refractivity contribution is -0.121. The van der Waals surface area contributed by atoms with E-state index in [0.29, 0.717) is 6.42 Å². The number of para-hydroxylation sites is 1. The van der Waals surface area contributed by atoms with Crippen molar-refractivity contribution in [1.82, 2.24) is 0 Å². The van der Waals surface area contributed by atoms with Crippen LogP contribution in [-0.4, -0.2) is 24.4 Å². The molecule has 3 N–H and O–H groups in total. The minimum atomic E-state index is 0. The van der Waals surface area contributed by atoms with Gasteiger partial charge in [-0.05, 0) is 55.0 Å². The number of amides is 2. The van der Waals surface area contributed by atoms with Crippen molar-refractivity contribution in [1.29, 1.82) is 0 Å². The lowest BCUT2D eigenvalue weighted by atomic mass is 9.85. The van der Waals surface area contributed by atoms with Crippen LogP contribution in [0.2, 0.25) is 0 Å². The van der Waals surface area contributed by atoms with Gasteiger partial charge in [0.25, 0.3) is 0 Å². The molecule has 5 nitrogen and oxygen atoms in total. The van der Waals surface area contributed by atoms with Crippen molar-refractivity contribution < 1.29 is 9.59 Å². The Labute approximate surface area is 178 Å². The second kappa shape index (κ2) is 9.42. The highest BCUT2D eigenvalue weighted by Crippen LogP contribution is 2.28. The van der Waals surface area contributed by atoms with Gasteiger partial charge in [0.05, 0.1) is 6.42 Å². The molecule has 6 heteroatoms. The van der Waals surface area contributed by atoms with Crippen molar-refractivity contribution in [2.24, 2.45) is 11.7 Å². The summed E-state index contributed by atoms with van der Waals surface area (Å²) in [6, 6.07) is 15.8. The third kappa shape index (κ3) is 4.98. The van der Waals surface area contributed by atoms with Crippen LogP contribution in [0.4, 0.5) is 11.4 Å². The van der Waals surface area contributed by atoms with Crippen molar-refractivity contribution in [3.05, 3.63) is 59.7 Å². The molecular formula is C23H28ClN3O2. The fourth-order valence-corrected chi connectivity index (χ4v) is 4.28. The van der Waals surface area contributed by atoms with Gasteiger partial charge in [0.2, 0.25) is 11.8 Å². The van der Waals surface area contributed by atoms with Gasteiger partial charge >= 0.3 is 0 Å². The van der Waals surface area contributed by atoms with Crippen molar-refractivity contribution >= 4 is 35.6 Å². The van der Waals surface area contributed by atoms with E-state index < -0.39 is 0 Å². The number of rotatable bonds is 4. The van der Waals surface area contributed by atoms with Gasteiger partial charge in [0.15, 0.2) is 0 Å². The van der Waals surface area contributed by atoms with Crippen LogP contribution in [0.15, 0.2) is 48.5 Å². The summed E-state index contributed by atoms with van der Waals surface area (Å²) in [5.41, 5.74) is 9.97. The summed E-state index contributed by atoms with van der Waals surface area (Å²) in [4.78, 5) is 27.0. The molecule has 0 spiro atoms. The van der Waals surface area contributed by atoms with E-state index in [-0.39, 0.29) is 36.2 Å². The highest BCUT2D eigenvalue weighted by Gasteiger charge is 2.26. The number of fused-ring (bicyclic) bond motifs is 1. The highest BCUT2D eigenvalue weighted by molar-refractivity contribution is 5.97. The zero-order chi connectivity index (χ0) is 19.5. The predicted octanol–water partition coefficient (Wildman–Crippen LogP) is 3.70. The summed E-state index contributed by atoms with van der Waals surface area (Å²) in [6.45, 7) is 0.746. The van der Waals surface area contributed by atoms with Crippen LogP contribution < -0.4 is 16.0 Å². The van der Waals surface area contributed by atoms with Crippen LogP contribution in [0, 0.1) is 5.92 Å². The Kier molecular flexibility index (Phi) is 6.93. The number of halogens is 1. The van der Waals surface area contributed by atoms with E-state index in [9.17, 15) is 9.59 Å². The maximum Gasteiger partial charge on any atom is 0.231 e. The first-order valence-electron chi connectivity index (χ1n) is 10.1. The second-order valence-electron chi connectivity index (χ2n) is 7.91. The molecule has 0 aromatic heterocycles. The zero-order valence-corrected chi connectivity index (χ0v) is 17.3. The van der Waals surface area contributed by atoms with E-state index in [0.717, 1.165) is 55.6 Å². The number of carbonyl (C=O) groups excluding carboxylic acids is 2. The van der Waals surface area contributed by atoms with Crippen molar-refractivity contribution in [2.45, 2.75) is 44.6 Å². The third-order valence-electron chi connectivity index (χ3n) is 5.85. The summed E-state index contributed by atoms with van der Waals surface area (Å²) in [7, 11) is 0. The Bertz CT molecular complexity index is 869. The first-order chi connectivity index (χ1) is 13.6. The number of carbonyl (C=O) groups is 2. The molecule has 2 aromatic rings. The first kappa shape index (κ1) is 21.3. The molecule has 2 atom stereocenters. The van der Waals surface area contributed by atoms with Gasteiger partial charge in [0, 0.05) is 29.9 Å². The average molecular weight is 414 g/mol. The van der Waals surface area contributed by atoms with Crippen LogP contribution in [-0.2, 0) is 22.4 Å². The third-order valence-corrected chi connectivity index (χ3v) is 5.85. The number of nitrogens with one attached hydrogen (secondary N) is 1. The molecule has 2 aromatic carbocycles. The largest absolute Gasteiger partial charge is 0.328 e. The van der Waals surface area contributed by atoms with E-state index in [2.05, 4.69) is 11.4 Å². The number of nitrogens with zero attached hydrogens (tertiary/aromatic N) is 1. The quantitative estimate of drug-likeness (QED) is 0.802. The Morgan fingerprint density at radius 2 is 1.83 bits per heavy atom. The van der Waals surface area contributed by atoms with E-state index in [1.807, 2.05) is 47.4 Å². The molecule has 29 heavy (non-hydrogen) atoms. The molecule has 0 saturated heterocycles. The zero-order valence-electron chi connectivity index (χ0n) is 16.5. The fraction of sp³-hybridized carbons (Fsp3) is 0.391. The van der Waals surface area contributed by atoms with E-state index in [1.54, 1.807) is 0 Å². The lowest BCUT2D eigenvalue weighted by Crippen LogP contribution is -2.34. The smallest absolute Gasteiger partial charge is 0.231 e. The molecule has 154 valence electrons. The summed E-state index contributed by atoms with van der Waals surface area (Å²) in [5, 5.41) is 2.99. The average Bonchev–Trinajstić information content (AvgIpc) is 3.14. The number of hydrogen-bond acceptors (Lipinski definition) is 3. The molecule has 1 fully saturated rings. The van der Waals surface area contributed by atoms with Crippen LogP contribution in [0.25, 0.3) is 0 Å². The number of nitrogens with two attached hydrogens (primary N) is 1. The van der Waals surface area contributed by atoms with Gasteiger partial charge in [-0.1, -0.05) is 36.8 Å². The standard InChI is InChI=1S/C23H27N3O2.ClH/c24-19-6-3-5-18(15-19)23(28)25-20-10-8-16(9-11-20)14-22(27)26-13-12-17-4-1-2-7-21(17)26;/h1-2,4,7-11,18-19H,3,5-6,12-15,24H2,(H,25,28);1H. The number of benzene rings is 2. The molecule has 2 unspecified atom stereocenters. The summed E-state index contributed by atoms with van der Waals surface area (Å²) in [6.07, 6.45) is 4.96. The minimum Gasteiger partial charge on any atom is -0.328 e. The van der Waals surface area contributed by atoms with Crippen LogP contribution in [0.1, 0.15) is 36.8 Å². The van der Waals surface area contributed by atoms with Crippen LogP contribution >= 0.6 is 12.4 Å². The molecule has 1 aliphatic heterocycles. The Morgan fingerprint density at radius 3 is 2.59 bits per heavy atom. The maximum absolute atomic E-state index is 12.7. The Hall–Kier alpha value is -2.37. The molecule has 1 heterocycles. The van der Waals surface area contributed by atoms with Gasteiger partial charge in [-0.25, -0.2) is 0 Å². The molecule has 1 aliphatic carbocycles. The van der Waals surface area contributed by atoms with E-state index in [4.69, 9.17) is 5.73 Å². The van der Waals surface area contributed by atoms with E-state index >= 15 is 0 Å². The molecule has 0 bridgehead atoms. The van der Waals surface area contributed by atoms with Gasteiger partial charge < -0.3 is 16.0 Å². The minimum absolute atomic E-state index is 0. The van der Waals surface area contributed by atoms with Crippen LogP contribution in [0.5, 0.6) is 0 Å². The molecule has 4 rings (SSSR count). The predicted molar refractivity (Wildman–Crippen MR) is 118 cm³/mol. The summed E-state index contributed by atoms with van der Waals surface area (Å²) < 4.78 is 0. The van der Waals surface area contributed by atoms with Crippen molar-refractivity contribution in [3.63, 3.8) is 0 Å². The monoisotopic (exact) mass is 413 g/mol. The highest BCUT2D eigenvalue weighted by atomic mass is 35.5. The molecule has 0 radical (unpaired) electrons. The van der Waals surface area contributed by atoms with Crippen molar-refractivity contribution in [2.75, 3.05) is 16.8 Å². The normalized spacial score (nSPS) is 20.5. The van der Waals surface area contributed by atoms with Gasteiger partial charge in [-0.2, -0.15) is 0 Å². The first-order valence-corrected chi connectivity index (χ1v) is 10.1. The van der Waals surface area contributed by atoms with Crippen molar-refractivity contribution in [3.8, 4) is 0 Å². The lowest BCUT2D eigenvalue weighted by Gasteiger charge is -2.25. The van der Waals surface area contributed by atoms with Gasteiger partial charge in [-0.15, -0.1) is 12.4 Å². The number of anilines is 2. The Balaban J connectivity index is 0.00000240. The molecular weight excluding hydrogens is 386 g/mol. The van der Waals surface area contributed by atoms with Crippen LogP contribution in [0.3, 0.4) is 0 Å². The van der Waals surface area contributed by atoms with Gasteiger partial charge in [0.1, 0.15) is 0 Å². The SMILES string of the molecule is Cl.NC1CCCC(C(=O)Nc2ccc(CC(=O)N3CCc4ccccc43)cc2)C1. The molecule has 1 saturated carbocycles. The topological polar surface area (TPSA) is 75.4 Å². The summed E-state index contributed by atoms with van der Waals surface area (Å²) in [5.74, 6) is 0.158. The second-order valence-corrected chi connectivity index (χ2v) is 7.91.